The van der Waals surface area contributed by atoms with Crippen LogP contribution >= 0.6 is 0 Å². The van der Waals surface area contributed by atoms with E-state index >= 15 is 0 Å². The third-order valence-corrected chi connectivity index (χ3v) is 3.57. The molecule has 2 aromatic rings. The van der Waals surface area contributed by atoms with E-state index in [4.69, 9.17) is 10.5 Å². The van der Waals surface area contributed by atoms with Crippen molar-refractivity contribution in [1.82, 2.24) is 18.7 Å². The largest absolute Gasteiger partial charge is 0.383 e. The molecule has 8 nitrogen and oxygen atoms in total. The monoisotopic (exact) mass is 295 g/mol. The summed E-state index contributed by atoms with van der Waals surface area (Å²) < 4.78 is 9.44. The van der Waals surface area contributed by atoms with E-state index in [0.29, 0.717) is 30.9 Å². The van der Waals surface area contributed by atoms with Crippen LogP contribution in [0.25, 0.3) is 11.2 Å². The predicted molar refractivity (Wildman–Crippen MR) is 79.6 cm³/mol. The number of hydrogen-bond acceptors (Lipinski definition) is 5. The number of rotatable bonds is 6. The number of fused-ring (bicyclic) bond motifs is 1. The highest BCUT2D eigenvalue weighted by Crippen LogP contribution is 2.08. The van der Waals surface area contributed by atoms with Crippen LogP contribution in [-0.2, 0) is 17.8 Å². The molecule has 0 bridgehead atoms. The maximum absolute atomic E-state index is 12.6. The lowest BCUT2D eigenvalue weighted by Gasteiger charge is -2.15. The molecule has 0 spiro atoms. The third-order valence-electron chi connectivity index (χ3n) is 3.57. The van der Waals surface area contributed by atoms with E-state index in [9.17, 15) is 9.59 Å². The first-order chi connectivity index (χ1) is 10.1. The summed E-state index contributed by atoms with van der Waals surface area (Å²) in [6.07, 6.45) is 1.58. The normalized spacial score (nSPS) is 13.0. The van der Waals surface area contributed by atoms with E-state index in [0.717, 1.165) is 0 Å². The van der Waals surface area contributed by atoms with E-state index in [1.54, 1.807) is 24.9 Å². The van der Waals surface area contributed by atoms with Gasteiger partial charge in [-0.1, -0.05) is 0 Å². The number of imidazole rings is 1. The molecule has 0 aromatic carbocycles. The number of nitrogens with two attached hydrogens (primary N) is 1. The lowest BCUT2D eigenvalue weighted by Crippen LogP contribution is -2.44. The van der Waals surface area contributed by atoms with Gasteiger partial charge in [-0.2, -0.15) is 0 Å². The molecule has 2 N–H and O–H groups in total. The average Bonchev–Trinajstić information content (AvgIpc) is 2.91. The summed E-state index contributed by atoms with van der Waals surface area (Å²) in [6.45, 7) is 5.19. The van der Waals surface area contributed by atoms with Gasteiger partial charge in [-0.25, -0.2) is 9.78 Å². The Morgan fingerprint density at radius 3 is 2.71 bits per heavy atom. The van der Waals surface area contributed by atoms with Crippen molar-refractivity contribution in [3.05, 3.63) is 27.2 Å². The van der Waals surface area contributed by atoms with Gasteiger partial charge in [0.15, 0.2) is 11.2 Å². The Morgan fingerprint density at radius 1 is 1.43 bits per heavy atom. The summed E-state index contributed by atoms with van der Waals surface area (Å²) >= 11 is 0. The molecule has 2 heterocycles. The summed E-state index contributed by atoms with van der Waals surface area (Å²) in [5.41, 5.74) is 5.70. The zero-order valence-corrected chi connectivity index (χ0v) is 12.6. The van der Waals surface area contributed by atoms with Crippen molar-refractivity contribution >= 4 is 11.2 Å². The molecule has 0 aliphatic carbocycles. The van der Waals surface area contributed by atoms with Crippen LogP contribution in [0, 0.1) is 0 Å². The first-order valence-electron chi connectivity index (χ1n) is 6.95. The van der Waals surface area contributed by atoms with Gasteiger partial charge >= 0.3 is 5.69 Å². The van der Waals surface area contributed by atoms with E-state index in [2.05, 4.69) is 4.98 Å². The Kier molecular flexibility index (Phi) is 4.59. The Morgan fingerprint density at radius 2 is 2.14 bits per heavy atom. The van der Waals surface area contributed by atoms with E-state index < -0.39 is 5.69 Å². The minimum atomic E-state index is -0.399. The second kappa shape index (κ2) is 6.23. The second-order valence-corrected chi connectivity index (χ2v) is 4.89. The molecule has 116 valence electrons. The topological polar surface area (TPSA) is 97.1 Å². The molecular weight excluding hydrogens is 274 g/mol. The van der Waals surface area contributed by atoms with Crippen LogP contribution in [0.5, 0.6) is 0 Å². The summed E-state index contributed by atoms with van der Waals surface area (Å²) in [6, 6.07) is -0.372. The fourth-order valence-corrected chi connectivity index (χ4v) is 2.33. The van der Waals surface area contributed by atoms with Crippen molar-refractivity contribution in [2.75, 3.05) is 20.3 Å². The zero-order chi connectivity index (χ0) is 15.6. The predicted octanol–water partition coefficient (Wildman–Crippen LogP) is -0.454. The number of nitrogens with zero attached hydrogens (tertiary/aromatic N) is 4. The minimum Gasteiger partial charge on any atom is -0.383 e. The molecule has 0 aliphatic rings. The van der Waals surface area contributed by atoms with Gasteiger partial charge in [0.05, 0.1) is 25.5 Å². The number of methoxy groups -OCH3 is 1. The van der Waals surface area contributed by atoms with E-state index in [1.807, 2.05) is 6.92 Å². The molecule has 0 radical (unpaired) electrons. The van der Waals surface area contributed by atoms with Crippen LogP contribution < -0.4 is 17.0 Å². The summed E-state index contributed by atoms with van der Waals surface area (Å²) in [5, 5.41) is 0. The molecule has 0 amide bonds. The van der Waals surface area contributed by atoms with Crippen LogP contribution in [0.4, 0.5) is 0 Å². The molecule has 2 aromatic heterocycles. The van der Waals surface area contributed by atoms with Gasteiger partial charge in [0.2, 0.25) is 0 Å². The van der Waals surface area contributed by atoms with Crippen molar-refractivity contribution < 1.29 is 4.74 Å². The van der Waals surface area contributed by atoms with Gasteiger partial charge in [0.25, 0.3) is 5.56 Å². The molecule has 0 aliphatic heterocycles. The second-order valence-electron chi connectivity index (χ2n) is 4.89. The minimum absolute atomic E-state index is 0.213. The van der Waals surface area contributed by atoms with Gasteiger partial charge in [-0.05, 0) is 13.8 Å². The summed E-state index contributed by atoms with van der Waals surface area (Å²) in [4.78, 5) is 29.4. The number of aryl methyl sites for hydroxylation is 1. The Hall–Kier alpha value is -1.93. The third kappa shape index (κ3) is 2.52. The molecule has 1 atom stereocenters. The van der Waals surface area contributed by atoms with Crippen LogP contribution in [0.3, 0.4) is 0 Å². The van der Waals surface area contributed by atoms with E-state index in [-0.39, 0.29) is 18.1 Å². The number of ether oxygens (including phenoxy) is 1. The lowest BCUT2D eigenvalue weighted by molar-refractivity contribution is 0.186. The maximum Gasteiger partial charge on any atom is 0.333 e. The van der Waals surface area contributed by atoms with Gasteiger partial charge in [0, 0.05) is 20.2 Å². The van der Waals surface area contributed by atoms with Gasteiger partial charge in [0.1, 0.15) is 0 Å². The molecule has 0 fully saturated rings. The lowest BCUT2D eigenvalue weighted by atomic mass is 10.3. The van der Waals surface area contributed by atoms with Crippen molar-refractivity contribution in [2.24, 2.45) is 5.73 Å². The highest BCUT2D eigenvalue weighted by atomic mass is 16.5. The molecule has 1 unspecified atom stereocenters. The van der Waals surface area contributed by atoms with Gasteiger partial charge < -0.3 is 15.0 Å². The molecule has 21 heavy (non-hydrogen) atoms. The first kappa shape index (κ1) is 15.5. The van der Waals surface area contributed by atoms with Crippen molar-refractivity contribution in [3.8, 4) is 0 Å². The smallest absolute Gasteiger partial charge is 0.333 e. The van der Waals surface area contributed by atoms with Crippen LogP contribution in [0.1, 0.15) is 19.9 Å². The number of hydrogen-bond donors (Lipinski definition) is 1. The SMILES string of the molecule is CCn1cnc2c1c(=O)n(C(C)CN)c(=O)n2CCOC. The summed E-state index contributed by atoms with van der Waals surface area (Å²) in [7, 11) is 1.56. The van der Waals surface area contributed by atoms with Crippen molar-refractivity contribution in [1.29, 1.82) is 0 Å². The van der Waals surface area contributed by atoms with E-state index in [1.165, 1.54) is 9.13 Å². The Bertz CT molecular complexity index is 743. The van der Waals surface area contributed by atoms with Gasteiger partial charge in [-0.3, -0.25) is 13.9 Å². The Labute approximate surface area is 121 Å². The molecule has 0 saturated carbocycles. The fraction of sp³-hybridized carbons (Fsp3) is 0.615. The fourth-order valence-electron chi connectivity index (χ4n) is 2.33. The Balaban J connectivity index is 2.84. The summed E-state index contributed by atoms with van der Waals surface area (Å²) in [5.74, 6) is 0. The van der Waals surface area contributed by atoms with Crippen LogP contribution in [0.15, 0.2) is 15.9 Å². The first-order valence-corrected chi connectivity index (χ1v) is 6.95. The van der Waals surface area contributed by atoms with Crippen molar-refractivity contribution in [2.45, 2.75) is 33.0 Å². The van der Waals surface area contributed by atoms with Crippen LogP contribution in [0.2, 0.25) is 0 Å². The average molecular weight is 295 g/mol. The molecule has 2 rings (SSSR count). The quantitative estimate of drug-likeness (QED) is 0.778. The highest BCUT2D eigenvalue weighted by molar-refractivity contribution is 5.70. The molecular formula is C13H21N5O3. The maximum atomic E-state index is 12.6. The van der Waals surface area contributed by atoms with Gasteiger partial charge in [-0.15, -0.1) is 0 Å². The standard InChI is InChI=1S/C13H21N5O3/c1-4-16-8-15-11-10(16)12(19)18(9(2)7-14)13(20)17(11)5-6-21-3/h8-9H,4-7,14H2,1-3H3. The molecule has 8 heteroatoms. The number of aromatic nitrogens is 4. The van der Waals surface area contributed by atoms with Crippen LogP contribution in [-0.4, -0.2) is 38.9 Å². The molecule has 0 saturated heterocycles. The highest BCUT2D eigenvalue weighted by Gasteiger charge is 2.19. The zero-order valence-electron chi connectivity index (χ0n) is 12.6. The van der Waals surface area contributed by atoms with Crippen molar-refractivity contribution in [3.63, 3.8) is 0 Å².